The average molecular weight is 383 g/mol. The number of amides is 3. The number of imide groups is 1. The average Bonchev–Trinajstić information content (AvgIpc) is 3.05. The van der Waals surface area contributed by atoms with Crippen LogP contribution in [0.1, 0.15) is 55.7 Å². The van der Waals surface area contributed by atoms with Gasteiger partial charge in [0.2, 0.25) is 0 Å². The smallest absolute Gasteiger partial charge is 0.339 e. The summed E-state index contributed by atoms with van der Waals surface area (Å²) in [5.74, 6) is -1.25. The number of nitrogens with one attached hydrogen (secondary N) is 2. The first-order valence-electron chi connectivity index (χ1n) is 9.40. The summed E-state index contributed by atoms with van der Waals surface area (Å²) in [5.41, 5.74) is 2.52. The first-order chi connectivity index (χ1) is 13.2. The first kappa shape index (κ1) is 19.8. The van der Waals surface area contributed by atoms with E-state index in [0.717, 1.165) is 36.0 Å². The topological polar surface area (TPSA) is 97.4 Å². The van der Waals surface area contributed by atoms with Crippen molar-refractivity contribution in [1.82, 2.24) is 15.6 Å². The van der Waals surface area contributed by atoms with Crippen LogP contribution in [0, 0.1) is 0 Å². The summed E-state index contributed by atoms with van der Waals surface area (Å²) in [6.45, 7) is 6.85. The van der Waals surface area contributed by atoms with E-state index in [9.17, 15) is 14.4 Å². The summed E-state index contributed by atoms with van der Waals surface area (Å²) in [6.07, 6.45) is 1.40. The molecule has 7 heteroatoms. The number of esters is 1. The van der Waals surface area contributed by atoms with Crippen molar-refractivity contribution in [3.8, 4) is 0 Å². The van der Waals surface area contributed by atoms with Gasteiger partial charge in [-0.3, -0.25) is 15.1 Å². The van der Waals surface area contributed by atoms with Crippen molar-refractivity contribution in [3.05, 3.63) is 41.1 Å². The van der Waals surface area contributed by atoms with Crippen LogP contribution < -0.4 is 10.6 Å². The molecule has 0 aliphatic heterocycles. The maximum Gasteiger partial charge on any atom is 0.339 e. The molecule has 1 aliphatic carbocycles. The molecular formula is C21H25N3O4. The number of fused-ring (bicyclic) bond motifs is 2. The molecule has 1 aromatic heterocycles. The van der Waals surface area contributed by atoms with Gasteiger partial charge in [-0.2, -0.15) is 0 Å². The predicted molar refractivity (Wildman–Crippen MR) is 105 cm³/mol. The van der Waals surface area contributed by atoms with Gasteiger partial charge in [-0.25, -0.2) is 9.59 Å². The van der Waals surface area contributed by atoms with E-state index < -0.39 is 29.6 Å². The molecular weight excluding hydrogens is 358 g/mol. The third-order valence-corrected chi connectivity index (χ3v) is 4.50. The Kier molecular flexibility index (Phi) is 5.36. The lowest BCUT2D eigenvalue weighted by Gasteiger charge is -2.21. The second-order valence-electron chi connectivity index (χ2n) is 8.02. The third kappa shape index (κ3) is 4.30. The maximum atomic E-state index is 12.9. The second-order valence-corrected chi connectivity index (χ2v) is 8.02. The molecule has 1 heterocycles. The van der Waals surface area contributed by atoms with Crippen molar-refractivity contribution in [2.45, 2.75) is 58.6 Å². The summed E-state index contributed by atoms with van der Waals surface area (Å²) in [4.78, 5) is 41.7. The van der Waals surface area contributed by atoms with Gasteiger partial charge < -0.3 is 10.1 Å². The Bertz CT molecular complexity index is 947. The molecule has 148 valence electrons. The molecule has 3 amide bonds. The highest BCUT2D eigenvalue weighted by Gasteiger charge is 2.28. The molecule has 28 heavy (non-hydrogen) atoms. The molecule has 2 aromatic rings. The standard InChI is InChI=1S/C21H25N3O4/c1-12(18(25)23-20(27)24-21(2,3)4)28-19(26)17-13-8-5-6-10-15(13)22-16-11-7-9-14(16)17/h5-6,8,10,12H,7,9,11H2,1-4H3,(H2,23,24,25,27)/t12-/m1/s1. The maximum absolute atomic E-state index is 12.9. The molecule has 0 radical (unpaired) electrons. The summed E-state index contributed by atoms with van der Waals surface area (Å²) in [6, 6.07) is 6.78. The molecule has 0 saturated heterocycles. The molecule has 1 atom stereocenters. The Morgan fingerprint density at radius 1 is 1.14 bits per heavy atom. The van der Waals surface area contributed by atoms with Gasteiger partial charge in [-0.05, 0) is 58.6 Å². The number of carbonyl (C=O) groups is 3. The van der Waals surface area contributed by atoms with Crippen molar-refractivity contribution in [1.29, 1.82) is 0 Å². The van der Waals surface area contributed by atoms with E-state index in [-0.39, 0.29) is 0 Å². The SMILES string of the molecule is C[C@@H](OC(=O)c1c2c(nc3ccccc13)CCC2)C(=O)NC(=O)NC(C)(C)C. The van der Waals surface area contributed by atoms with Gasteiger partial charge in [0.05, 0.1) is 11.1 Å². The zero-order valence-corrected chi connectivity index (χ0v) is 16.6. The molecule has 1 aliphatic rings. The van der Waals surface area contributed by atoms with Crippen molar-refractivity contribution in [2.75, 3.05) is 0 Å². The number of nitrogens with zero attached hydrogens (tertiary/aromatic N) is 1. The number of ether oxygens (including phenoxy) is 1. The first-order valence-corrected chi connectivity index (χ1v) is 9.40. The Morgan fingerprint density at radius 3 is 2.57 bits per heavy atom. The fourth-order valence-electron chi connectivity index (χ4n) is 3.30. The van der Waals surface area contributed by atoms with E-state index in [2.05, 4.69) is 15.6 Å². The monoisotopic (exact) mass is 383 g/mol. The summed E-state index contributed by atoms with van der Waals surface area (Å²) >= 11 is 0. The largest absolute Gasteiger partial charge is 0.449 e. The van der Waals surface area contributed by atoms with E-state index in [1.165, 1.54) is 6.92 Å². The fourth-order valence-corrected chi connectivity index (χ4v) is 3.30. The number of aromatic nitrogens is 1. The number of rotatable bonds is 3. The molecule has 7 nitrogen and oxygen atoms in total. The number of benzene rings is 1. The van der Waals surface area contributed by atoms with E-state index in [1.54, 1.807) is 20.8 Å². The minimum atomic E-state index is -1.11. The molecule has 0 fully saturated rings. The quantitative estimate of drug-likeness (QED) is 0.795. The van der Waals surface area contributed by atoms with Crippen molar-refractivity contribution < 1.29 is 19.1 Å². The van der Waals surface area contributed by atoms with E-state index in [4.69, 9.17) is 4.74 Å². The third-order valence-electron chi connectivity index (χ3n) is 4.50. The Balaban J connectivity index is 1.78. The lowest BCUT2D eigenvalue weighted by atomic mass is 10.0. The predicted octanol–water partition coefficient (Wildman–Crippen LogP) is 2.89. The van der Waals surface area contributed by atoms with Gasteiger partial charge in [0.25, 0.3) is 5.91 Å². The number of hydrogen-bond donors (Lipinski definition) is 2. The molecule has 1 aromatic carbocycles. The van der Waals surface area contributed by atoms with E-state index >= 15 is 0 Å². The Labute approximate surface area is 163 Å². The van der Waals surface area contributed by atoms with Crippen LogP contribution in [0.25, 0.3) is 10.9 Å². The minimum absolute atomic E-state index is 0.469. The fraction of sp³-hybridized carbons (Fsp3) is 0.429. The van der Waals surface area contributed by atoms with Crippen molar-refractivity contribution in [3.63, 3.8) is 0 Å². The second kappa shape index (κ2) is 7.58. The molecule has 0 saturated carbocycles. The minimum Gasteiger partial charge on any atom is -0.449 e. The van der Waals surface area contributed by atoms with Gasteiger partial charge in [0, 0.05) is 16.6 Å². The van der Waals surface area contributed by atoms with E-state index in [1.807, 2.05) is 24.3 Å². The van der Waals surface area contributed by atoms with Gasteiger partial charge >= 0.3 is 12.0 Å². The van der Waals surface area contributed by atoms with Crippen LogP contribution in [0.4, 0.5) is 4.79 Å². The molecule has 3 rings (SSSR count). The van der Waals surface area contributed by atoms with Crippen LogP contribution in [0.15, 0.2) is 24.3 Å². The summed E-state index contributed by atoms with van der Waals surface area (Å²) < 4.78 is 5.40. The summed E-state index contributed by atoms with van der Waals surface area (Å²) in [7, 11) is 0. The molecule has 0 spiro atoms. The van der Waals surface area contributed by atoms with Crippen LogP contribution >= 0.6 is 0 Å². The molecule has 2 N–H and O–H groups in total. The number of para-hydroxylation sites is 1. The zero-order valence-electron chi connectivity index (χ0n) is 16.6. The summed E-state index contributed by atoms with van der Waals surface area (Å²) in [5, 5.41) is 5.55. The van der Waals surface area contributed by atoms with Gasteiger partial charge in [-0.1, -0.05) is 18.2 Å². The molecule has 0 unspecified atom stereocenters. The van der Waals surface area contributed by atoms with Gasteiger partial charge in [-0.15, -0.1) is 0 Å². The Hall–Kier alpha value is -2.96. The van der Waals surface area contributed by atoms with Gasteiger partial charge in [0.1, 0.15) is 0 Å². The zero-order chi connectivity index (χ0) is 20.5. The van der Waals surface area contributed by atoms with Crippen LogP contribution in [0.3, 0.4) is 0 Å². The van der Waals surface area contributed by atoms with E-state index in [0.29, 0.717) is 10.9 Å². The van der Waals surface area contributed by atoms with Crippen LogP contribution in [-0.2, 0) is 22.4 Å². The number of aryl methyl sites for hydroxylation is 1. The van der Waals surface area contributed by atoms with Crippen molar-refractivity contribution in [2.24, 2.45) is 0 Å². The lowest BCUT2D eigenvalue weighted by Crippen LogP contribution is -2.50. The normalized spacial score (nSPS) is 14.3. The number of pyridine rings is 1. The highest BCUT2D eigenvalue weighted by molar-refractivity contribution is 6.06. The van der Waals surface area contributed by atoms with Crippen LogP contribution in [-0.4, -0.2) is 34.5 Å². The van der Waals surface area contributed by atoms with Gasteiger partial charge in [0.15, 0.2) is 6.10 Å². The lowest BCUT2D eigenvalue weighted by molar-refractivity contribution is -0.127. The Morgan fingerprint density at radius 2 is 1.86 bits per heavy atom. The highest BCUT2D eigenvalue weighted by Crippen LogP contribution is 2.30. The number of hydrogen-bond acceptors (Lipinski definition) is 5. The van der Waals surface area contributed by atoms with Crippen molar-refractivity contribution >= 4 is 28.8 Å². The molecule has 0 bridgehead atoms. The number of urea groups is 1. The highest BCUT2D eigenvalue weighted by atomic mass is 16.5. The van der Waals surface area contributed by atoms with Crippen LogP contribution in [0.5, 0.6) is 0 Å². The number of carbonyl (C=O) groups excluding carboxylic acids is 3. The van der Waals surface area contributed by atoms with Crippen LogP contribution in [0.2, 0.25) is 0 Å².